The third-order valence-electron chi connectivity index (χ3n) is 2.96. The van der Waals surface area contributed by atoms with E-state index in [4.69, 9.17) is 13.3 Å². The summed E-state index contributed by atoms with van der Waals surface area (Å²) in [6.45, 7) is 0. The Hall–Kier alpha value is 1.66. The van der Waals surface area contributed by atoms with Crippen LogP contribution < -0.4 is 0 Å². The predicted octanol–water partition coefficient (Wildman–Crippen LogP) is 7.16. The fourth-order valence-corrected chi connectivity index (χ4v) is 19.9. The molecule has 0 aliphatic carbocycles. The van der Waals surface area contributed by atoms with Gasteiger partial charge in [-0.2, -0.15) is 0 Å². The topological polar surface area (TPSA) is 40.6 Å². The Morgan fingerprint density at radius 1 is 0.960 bits per heavy atom. The highest BCUT2D eigenvalue weighted by atomic mass is 33.9. The van der Waals surface area contributed by atoms with Crippen LogP contribution in [0.4, 0.5) is 0 Å². The van der Waals surface area contributed by atoms with Gasteiger partial charge in [-0.15, -0.1) is 11.3 Å². The fraction of sp³-hybridized carbons (Fsp3) is 0.417. The molecular weight excluding hydrogens is 491 g/mol. The van der Waals surface area contributed by atoms with Crippen molar-refractivity contribution in [1.82, 2.24) is 4.98 Å². The summed E-state index contributed by atoms with van der Waals surface area (Å²) in [4.78, 5) is 4.61. The average molecular weight is 508 g/mol. The maximum atomic E-state index is 5.40. The summed E-state index contributed by atoms with van der Waals surface area (Å²) in [5.74, 6) is 0.943. The quantitative estimate of drug-likeness (QED) is 0.157. The number of hydrogen-bond donors (Lipinski definition) is 0. The average Bonchev–Trinajstić information content (AvgIpc) is 3.07. The zero-order valence-corrected chi connectivity index (χ0v) is 21.2. The van der Waals surface area contributed by atoms with Crippen LogP contribution >= 0.6 is 82.1 Å². The van der Waals surface area contributed by atoms with Gasteiger partial charge in [0.25, 0.3) is 0 Å². The van der Waals surface area contributed by atoms with Crippen LogP contribution in [0.25, 0.3) is 10.2 Å². The maximum Gasteiger partial charge on any atom is 0.501 e. The molecule has 2 aromatic rings. The lowest BCUT2D eigenvalue weighted by molar-refractivity contribution is 0.125. The molecule has 0 saturated carbocycles. The van der Waals surface area contributed by atoms with Gasteiger partial charge >= 0.3 is 8.80 Å². The number of benzene rings is 1. The molecule has 0 amide bonds. The van der Waals surface area contributed by atoms with Crippen molar-refractivity contribution in [1.29, 1.82) is 0 Å². The van der Waals surface area contributed by atoms with Gasteiger partial charge in [-0.05, 0) is 72.1 Å². The standard InChI is InChI=1S/C12H17NO3S8Si/c1-14-25(15-2,16-3)9-8-17-20-22-24-23-21-19-12-13-10-6-4-5-7-11(10)18-12/h4-7H,8-9H2,1-3H3. The van der Waals surface area contributed by atoms with Gasteiger partial charge in [-0.25, -0.2) is 4.98 Å². The SMILES string of the molecule is CO[Si](CCSSSSSSSc1nc2ccccc2s1)(OC)OC. The van der Waals surface area contributed by atoms with E-state index in [0.717, 1.165) is 21.7 Å². The van der Waals surface area contributed by atoms with Crippen LogP contribution in [0.2, 0.25) is 6.04 Å². The van der Waals surface area contributed by atoms with E-state index in [2.05, 4.69) is 23.2 Å². The molecule has 0 fully saturated rings. The van der Waals surface area contributed by atoms with Crippen molar-refractivity contribution in [3.63, 3.8) is 0 Å². The van der Waals surface area contributed by atoms with Crippen LogP contribution in [0.15, 0.2) is 28.6 Å². The van der Waals surface area contributed by atoms with Crippen molar-refractivity contribution in [3.8, 4) is 0 Å². The minimum absolute atomic E-state index is 0.814. The first kappa shape index (κ1) is 22.9. The highest BCUT2D eigenvalue weighted by Gasteiger charge is 2.37. The Bertz CT molecular complexity index is 588. The minimum atomic E-state index is -2.42. The smallest absolute Gasteiger partial charge is 0.377 e. The molecule has 0 atom stereocenters. The number of para-hydroxylation sites is 1. The molecule has 25 heavy (non-hydrogen) atoms. The van der Waals surface area contributed by atoms with E-state index in [0.29, 0.717) is 0 Å². The third-order valence-corrected chi connectivity index (χ3v) is 20.3. The first-order valence-electron chi connectivity index (χ1n) is 6.87. The Kier molecular flexibility index (Phi) is 11.9. The largest absolute Gasteiger partial charge is 0.501 e. The Morgan fingerprint density at radius 2 is 1.64 bits per heavy atom. The van der Waals surface area contributed by atoms with E-state index < -0.39 is 8.80 Å². The summed E-state index contributed by atoms with van der Waals surface area (Å²) in [5.41, 5.74) is 1.08. The van der Waals surface area contributed by atoms with Crippen LogP contribution in [0, 0.1) is 0 Å². The number of nitrogens with zero attached hydrogens (tertiary/aromatic N) is 1. The molecule has 0 aliphatic heterocycles. The lowest BCUT2D eigenvalue weighted by Crippen LogP contribution is -2.43. The summed E-state index contributed by atoms with van der Waals surface area (Å²) in [5, 5.41) is 0. The maximum absolute atomic E-state index is 5.40. The first-order valence-corrected chi connectivity index (χ1v) is 18.6. The zero-order chi connectivity index (χ0) is 18.0. The summed E-state index contributed by atoms with van der Waals surface area (Å²) < 4.78 is 18.6. The van der Waals surface area contributed by atoms with Crippen molar-refractivity contribution in [3.05, 3.63) is 24.3 Å². The monoisotopic (exact) mass is 507 g/mol. The minimum Gasteiger partial charge on any atom is -0.377 e. The highest BCUT2D eigenvalue weighted by molar-refractivity contribution is 9.46. The van der Waals surface area contributed by atoms with Gasteiger partial charge < -0.3 is 13.3 Å². The molecule has 1 aromatic carbocycles. The molecule has 0 spiro atoms. The highest BCUT2D eigenvalue weighted by Crippen LogP contribution is 2.56. The summed E-state index contributed by atoms with van der Waals surface area (Å²) >= 11 is 1.74. The molecule has 0 unspecified atom stereocenters. The van der Waals surface area contributed by atoms with Crippen LogP contribution in [0.3, 0.4) is 0 Å². The number of hydrogen-bond acceptors (Lipinski definition) is 12. The molecule has 4 nitrogen and oxygen atoms in total. The molecule has 0 radical (unpaired) electrons. The van der Waals surface area contributed by atoms with E-state index in [-0.39, 0.29) is 0 Å². The molecular formula is C12H17NO3S8Si. The van der Waals surface area contributed by atoms with Crippen molar-refractivity contribution >= 4 is 101 Å². The molecule has 1 heterocycles. The number of rotatable bonds is 13. The van der Waals surface area contributed by atoms with Gasteiger partial charge in [0.2, 0.25) is 0 Å². The Balaban J connectivity index is 1.51. The molecule has 13 heteroatoms. The van der Waals surface area contributed by atoms with Crippen molar-refractivity contribution in [2.45, 2.75) is 10.4 Å². The van der Waals surface area contributed by atoms with E-state index >= 15 is 0 Å². The van der Waals surface area contributed by atoms with Gasteiger partial charge in [0, 0.05) is 33.1 Å². The number of aromatic nitrogens is 1. The molecule has 0 aliphatic rings. The van der Waals surface area contributed by atoms with Gasteiger partial charge in [0.1, 0.15) is 0 Å². The number of fused-ring (bicyclic) bond motifs is 1. The lowest BCUT2D eigenvalue weighted by atomic mass is 10.3. The number of thiazole rings is 1. The van der Waals surface area contributed by atoms with E-state index in [1.807, 2.05) is 6.07 Å². The first-order chi connectivity index (χ1) is 12.2. The van der Waals surface area contributed by atoms with Gasteiger partial charge in [0.05, 0.1) is 10.2 Å². The van der Waals surface area contributed by atoms with Gasteiger partial charge in [0.15, 0.2) is 4.34 Å². The molecule has 0 N–H and O–H groups in total. The summed E-state index contributed by atoms with van der Waals surface area (Å²) in [6, 6.07) is 9.06. The van der Waals surface area contributed by atoms with Crippen LogP contribution in [0.1, 0.15) is 0 Å². The van der Waals surface area contributed by atoms with E-state index in [1.54, 1.807) is 103 Å². The Labute approximate surface area is 179 Å². The molecule has 0 bridgehead atoms. The lowest BCUT2D eigenvalue weighted by Gasteiger charge is -2.23. The molecule has 140 valence electrons. The van der Waals surface area contributed by atoms with Crippen molar-refractivity contribution < 1.29 is 13.3 Å². The Morgan fingerprint density at radius 3 is 2.36 bits per heavy atom. The normalized spacial score (nSPS) is 12.1. The third kappa shape index (κ3) is 7.89. The van der Waals surface area contributed by atoms with Crippen LogP contribution in [-0.2, 0) is 13.3 Å². The van der Waals surface area contributed by atoms with Gasteiger partial charge in [-0.1, -0.05) is 22.9 Å². The second kappa shape index (κ2) is 13.0. The molecule has 0 saturated heterocycles. The zero-order valence-electron chi connectivity index (χ0n) is 13.7. The second-order valence-corrected chi connectivity index (χ2v) is 19.9. The van der Waals surface area contributed by atoms with Crippen LogP contribution in [0.5, 0.6) is 0 Å². The van der Waals surface area contributed by atoms with Gasteiger partial charge in [-0.3, -0.25) is 0 Å². The van der Waals surface area contributed by atoms with Crippen molar-refractivity contribution in [2.75, 3.05) is 27.1 Å². The fourth-order valence-electron chi connectivity index (χ4n) is 1.74. The summed E-state index contributed by atoms with van der Waals surface area (Å²) in [7, 11) is 14.9. The van der Waals surface area contributed by atoms with Crippen molar-refractivity contribution in [2.24, 2.45) is 0 Å². The molecule has 2 rings (SSSR count). The van der Waals surface area contributed by atoms with Crippen LogP contribution in [-0.4, -0.2) is 40.9 Å². The predicted molar refractivity (Wildman–Crippen MR) is 127 cm³/mol. The summed E-state index contributed by atoms with van der Waals surface area (Å²) in [6.07, 6.45) is 0. The van der Waals surface area contributed by atoms with E-state index in [1.165, 1.54) is 4.70 Å². The van der Waals surface area contributed by atoms with E-state index in [9.17, 15) is 0 Å². The second-order valence-electron chi connectivity index (χ2n) is 4.24. The molecule has 1 aromatic heterocycles.